The molecule has 4 rings (SSSR count). The zero-order valence-corrected chi connectivity index (χ0v) is 25.7. The molecule has 0 aliphatic carbocycles. The van der Waals surface area contributed by atoms with Crippen molar-refractivity contribution in [1.82, 2.24) is 20.3 Å². The van der Waals surface area contributed by atoms with Crippen molar-refractivity contribution in [3.05, 3.63) is 66.9 Å². The van der Waals surface area contributed by atoms with Gasteiger partial charge in [0.05, 0.1) is 0 Å². The molecular formula is C33H43N4O6-. The van der Waals surface area contributed by atoms with Crippen LogP contribution in [0.1, 0.15) is 91.9 Å². The number of carboxylic acids is 2. The Bertz CT molecular complexity index is 1720. The van der Waals surface area contributed by atoms with Gasteiger partial charge in [-0.05, 0) is 104 Å². The van der Waals surface area contributed by atoms with Crippen LogP contribution in [0, 0.1) is 32.6 Å². The standard InChI is InChI=1S/C33H42N4O6.H2/c1-7-20-19(6)32(42)37-27(20)14-25-18(5)23(10-12-31(40)41)29(35-25)15-28-22(9-11-30(38)39)17(4)24(34-28)13-26-16(3)21(8-2)33(43)36-26;/h13-15,19-20,34-36,43H,7-12H2,1-6H3,(H,37,42)(H,38,39)(H,40,41);1H/p-1/b24-13+,27-14-,28-15-;/t19-,20-;/m1./s1. The van der Waals surface area contributed by atoms with Crippen molar-refractivity contribution >= 4 is 36.1 Å². The Hall–Kier alpha value is -4.47. The van der Waals surface area contributed by atoms with Crippen molar-refractivity contribution in [3.63, 3.8) is 0 Å². The number of carbonyl (C=O) groups is 3. The highest BCUT2D eigenvalue weighted by atomic mass is 16.4. The predicted octanol–water partition coefficient (Wildman–Crippen LogP) is 3.30. The van der Waals surface area contributed by atoms with Gasteiger partial charge in [0.25, 0.3) is 0 Å². The maximum absolute atomic E-state index is 12.4. The van der Waals surface area contributed by atoms with Gasteiger partial charge in [-0.3, -0.25) is 14.4 Å². The van der Waals surface area contributed by atoms with Gasteiger partial charge in [-0.15, -0.1) is 0 Å². The Kier molecular flexibility index (Phi) is 9.37. The number of carbonyl (C=O) groups excluding carboxylic acids is 1. The Morgan fingerprint density at radius 2 is 1.40 bits per heavy atom. The van der Waals surface area contributed by atoms with Crippen molar-refractivity contribution < 1.29 is 31.1 Å². The number of H-pyrrole nitrogens is 3. The minimum absolute atomic E-state index is 0. The normalized spacial score (nSPS) is 18.7. The minimum atomic E-state index is -0.911. The highest BCUT2D eigenvalue weighted by molar-refractivity contribution is 5.86. The fraction of sp³-hybridized carbons (Fsp3) is 0.424. The number of aromatic nitrogens is 3. The van der Waals surface area contributed by atoms with E-state index < -0.39 is 11.9 Å². The second kappa shape index (κ2) is 12.8. The summed E-state index contributed by atoms with van der Waals surface area (Å²) in [5.41, 5.74) is 8.08. The molecule has 1 amide bonds. The maximum atomic E-state index is 12.4. The lowest BCUT2D eigenvalue weighted by Gasteiger charge is -2.11. The molecule has 232 valence electrons. The van der Waals surface area contributed by atoms with Crippen LogP contribution >= 0.6 is 0 Å². The van der Waals surface area contributed by atoms with E-state index in [1.165, 1.54) is 0 Å². The molecule has 1 aliphatic rings. The number of hydrogen-bond acceptors (Lipinski definition) is 4. The summed E-state index contributed by atoms with van der Waals surface area (Å²) in [6.45, 7) is 11.7. The summed E-state index contributed by atoms with van der Waals surface area (Å²) < 4.78 is 0. The molecule has 1 fully saturated rings. The van der Waals surface area contributed by atoms with E-state index in [1.54, 1.807) is 0 Å². The summed E-state index contributed by atoms with van der Waals surface area (Å²) in [7, 11) is 0. The zero-order chi connectivity index (χ0) is 31.6. The fourth-order valence-electron chi connectivity index (χ4n) is 6.16. The van der Waals surface area contributed by atoms with Crippen LogP contribution in [0.3, 0.4) is 0 Å². The first kappa shape index (κ1) is 31.5. The third-order valence-corrected chi connectivity index (χ3v) is 8.81. The lowest BCUT2D eigenvalue weighted by atomic mass is 9.92. The van der Waals surface area contributed by atoms with Gasteiger partial charge in [0.15, 0.2) is 0 Å². The van der Waals surface area contributed by atoms with Gasteiger partial charge in [0.2, 0.25) is 5.91 Å². The van der Waals surface area contributed by atoms with E-state index in [0.29, 0.717) is 29.6 Å². The number of aliphatic carboxylic acids is 2. The van der Waals surface area contributed by atoms with Crippen LogP contribution in [0.25, 0.3) is 18.2 Å². The number of allylic oxidation sites excluding steroid dienone is 1. The maximum Gasteiger partial charge on any atom is 0.303 e. The summed E-state index contributed by atoms with van der Waals surface area (Å²) in [5.74, 6) is -2.01. The van der Waals surface area contributed by atoms with Crippen LogP contribution in [0.2, 0.25) is 0 Å². The largest absolute Gasteiger partial charge is 0.860 e. The third kappa shape index (κ3) is 6.48. The predicted molar refractivity (Wildman–Crippen MR) is 165 cm³/mol. The number of amides is 1. The highest BCUT2D eigenvalue weighted by Gasteiger charge is 2.34. The molecule has 6 N–H and O–H groups in total. The minimum Gasteiger partial charge on any atom is -0.860 e. The van der Waals surface area contributed by atoms with E-state index in [9.17, 15) is 29.7 Å². The Labute approximate surface area is 252 Å². The van der Waals surface area contributed by atoms with E-state index >= 15 is 0 Å². The number of nitrogens with one attached hydrogen (secondary N) is 4. The summed E-state index contributed by atoms with van der Waals surface area (Å²) in [6.07, 6.45) is 7.61. The average molecular weight is 592 g/mol. The van der Waals surface area contributed by atoms with Gasteiger partial charge < -0.3 is 35.6 Å². The van der Waals surface area contributed by atoms with Crippen molar-refractivity contribution in [3.8, 4) is 5.88 Å². The molecule has 1 saturated heterocycles. The Morgan fingerprint density at radius 3 is 1.98 bits per heavy atom. The van der Waals surface area contributed by atoms with Gasteiger partial charge in [-0.1, -0.05) is 20.8 Å². The Morgan fingerprint density at radius 1 is 0.814 bits per heavy atom. The summed E-state index contributed by atoms with van der Waals surface area (Å²) in [6, 6.07) is 0. The smallest absolute Gasteiger partial charge is 0.303 e. The number of rotatable bonds is 11. The second-order valence-corrected chi connectivity index (χ2v) is 11.4. The molecule has 0 unspecified atom stereocenters. The molecule has 0 bridgehead atoms. The lowest BCUT2D eigenvalue weighted by molar-refractivity contribution is -0.275. The average Bonchev–Trinajstić information content (AvgIpc) is 3.59. The van der Waals surface area contributed by atoms with Crippen LogP contribution < -0.4 is 21.1 Å². The lowest BCUT2D eigenvalue weighted by Crippen LogP contribution is -2.16. The first-order valence-corrected chi connectivity index (χ1v) is 14.8. The fourth-order valence-corrected chi connectivity index (χ4v) is 6.16. The summed E-state index contributed by atoms with van der Waals surface area (Å²) in [5, 5.41) is 35.8. The van der Waals surface area contributed by atoms with Crippen LogP contribution in [-0.4, -0.2) is 43.0 Å². The molecule has 0 radical (unpaired) electrons. The van der Waals surface area contributed by atoms with E-state index in [0.717, 1.165) is 56.5 Å². The van der Waals surface area contributed by atoms with E-state index in [1.807, 2.05) is 59.8 Å². The SMILES string of the molecule is CCc1c([O-])[nH]c(/C=c2/[nH]/c(=C\c3[nH]c(/C=C4\NC(=O)[C@H](C)[C@H]4CC)c(C)c3CCC(=O)O)c(CCC(=O)O)c2C)c1C.[HH]. The van der Waals surface area contributed by atoms with Gasteiger partial charge in [-0.2, -0.15) is 0 Å². The molecular weight excluding hydrogens is 548 g/mol. The zero-order valence-electron chi connectivity index (χ0n) is 25.7. The van der Waals surface area contributed by atoms with Crippen LogP contribution in [-0.2, 0) is 33.6 Å². The van der Waals surface area contributed by atoms with Crippen molar-refractivity contribution in [2.45, 2.75) is 80.1 Å². The first-order chi connectivity index (χ1) is 20.4. The monoisotopic (exact) mass is 591 g/mol. The Balaban J connectivity index is 0.00000529. The quantitative estimate of drug-likeness (QED) is 0.199. The van der Waals surface area contributed by atoms with Gasteiger partial charge in [-0.25, -0.2) is 0 Å². The number of aromatic amines is 3. The van der Waals surface area contributed by atoms with E-state index in [-0.39, 0.29) is 44.3 Å². The molecule has 3 aromatic heterocycles. The van der Waals surface area contributed by atoms with Gasteiger partial charge >= 0.3 is 11.9 Å². The summed E-state index contributed by atoms with van der Waals surface area (Å²) in [4.78, 5) is 45.2. The molecule has 4 heterocycles. The van der Waals surface area contributed by atoms with Crippen LogP contribution in [0.15, 0.2) is 5.70 Å². The molecule has 10 nitrogen and oxygen atoms in total. The molecule has 43 heavy (non-hydrogen) atoms. The molecule has 2 atom stereocenters. The van der Waals surface area contributed by atoms with E-state index in [4.69, 9.17) is 0 Å². The van der Waals surface area contributed by atoms with Gasteiger partial charge in [0.1, 0.15) is 0 Å². The molecule has 0 aromatic carbocycles. The van der Waals surface area contributed by atoms with E-state index in [2.05, 4.69) is 20.3 Å². The molecule has 1 aliphatic heterocycles. The molecule has 10 heteroatoms. The number of hydrogen-bond donors (Lipinski definition) is 6. The van der Waals surface area contributed by atoms with Crippen molar-refractivity contribution in [1.29, 1.82) is 0 Å². The molecule has 0 spiro atoms. The van der Waals surface area contributed by atoms with Crippen molar-refractivity contribution in [2.75, 3.05) is 0 Å². The molecule has 3 aromatic rings. The topological polar surface area (TPSA) is 174 Å². The second-order valence-electron chi connectivity index (χ2n) is 11.4. The van der Waals surface area contributed by atoms with Crippen LogP contribution in [0.4, 0.5) is 0 Å². The highest BCUT2D eigenvalue weighted by Crippen LogP contribution is 2.32. The van der Waals surface area contributed by atoms with Crippen LogP contribution in [0.5, 0.6) is 5.88 Å². The van der Waals surface area contributed by atoms with Crippen molar-refractivity contribution in [2.24, 2.45) is 11.8 Å². The van der Waals surface area contributed by atoms with Gasteiger partial charge in [0, 0.05) is 59.6 Å². The summed E-state index contributed by atoms with van der Waals surface area (Å²) >= 11 is 0. The molecule has 0 saturated carbocycles. The first-order valence-electron chi connectivity index (χ1n) is 14.8. The third-order valence-electron chi connectivity index (χ3n) is 8.81. The number of carboxylic acid groups (broad SMARTS) is 2.